The van der Waals surface area contributed by atoms with Gasteiger partial charge >= 0.3 is 5.97 Å². The van der Waals surface area contributed by atoms with Crippen LogP contribution in [0, 0.1) is 0 Å². The van der Waals surface area contributed by atoms with Crippen LogP contribution in [0.15, 0.2) is 72.9 Å². The van der Waals surface area contributed by atoms with Gasteiger partial charge in [0.2, 0.25) is 5.91 Å². The summed E-state index contributed by atoms with van der Waals surface area (Å²) in [4.78, 5) is 26.1. The Kier molecular flexibility index (Phi) is 46.2. The third-order valence-corrected chi connectivity index (χ3v) is 11.3. The summed E-state index contributed by atoms with van der Waals surface area (Å²) >= 11 is 0. The van der Waals surface area contributed by atoms with Gasteiger partial charge in [-0.25, -0.2) is 0 Å². The molecule has 3 unspecified atom stereocenters. The normalized spacial score (nSPS) is 13.9. The zero-order valence-corrected chi connectivity index (χ0v) is 40.0. The van der Waals surface area contributed by atoms with E-state index in [9.17, 15) is 19.8 Å². The Morgan fingerprint density at radius 3 is 1.44 bits per heavy atom. The Hall–Kier alpha value is -2.70. The Morgan fingerprint density at radius 1 is 0.508 bits per heavy atom. The molecular formula is C55H97NO5. The fraction of sp³-hybridized carbons (Fsp3) is 0.745. The molecule has 352 valence electrons. The summed E-state index contributed by atoms with van der Waals surface area (Å²) in [7, 11) is 0. The van der Waals surface area contributed by atoms with Crippen molar-refractivity contribution in [1.29, 1.82) is 0 Å². The van der Waals surface area contributed by atoms with Gasteiger partial charge in [0.15, 0.2) is 0 Å². The maximum Gasteiger partial charge on any atom is 0.306 e. The summed E-state index contributed by atoms with van der Waals surface area (Å²) in [5, 5.41) is 23.6. The van der Waals surface area contributed by atoms with Crippen LogP contribution in [0.3, 0.4) is 0 Å². The third kappa shape index (κ3) is 43.7. The number of aliphatic hydroxyl groups is 2. The summed E-state index contributed by atoms with van der Waals surface area (Å²) in [6.45, 7) is 6.39. The molecule has 61 heavy (non-hydrogen) atoms. The molecule has 0 fully saturated rings. The first-order chi connectivity index (χ1) is 30.0. The van der Waals surface area contributed by atoms with Crippen molar-refractivity contribution in [3.8, 4) is 0 Å². The topological polar surface area (TPSA) is 95.9 Å². The summed E-state index contributed by atoms with van der Waals surface area (Å²) < 4.78 is 5.86. The van der Waals surface area contributed by atoms with Crippen molar-refractivity contribution >= 4 is 11.9 Å². The monoisotopic (exact) mass is 852 g/mol. The van der Waals surface area contributed by atoms with Crippen LogP contribution < -0.4 is 5.32 Å². The lowest BCUT2D eigenvalue weighted by Gasteiger charge is -2.24. The van der Waals surface area contributed by atoms with Crippen molar-refractivity contribution in [3.63, 3.8) is 0 Å². The van der Waals surface area contributed by atoms with Gasteiger partial charge in [-0.15, -0.1) is 0 Å². The number of hydrogen-bond acceptors (Lipinski definition) is 5. The van der Waals surface area contributed by atoms with Crippen molar-refractivity contribution in [3.05, 3.63) is 72.9 Å². The Balaban J connectivity index is 4.72. The second-order valence-electron chi connectivity index (χ2n) is 17.3. The van der Waals surface area contributed by atoms with Crippen LogP contribution in [0.4, 0.5) is 0 Å². The second-order valence-corrected chi connectivity index (χ2v) is 17.3. The first-order valence-corrected chi connectivity index (χ1v) is 25.7. The van der Waals surface area contributed by atoms with Crippen LogP contribution >= 0.6 is 0 Å². The number of carbonyl (C=O) groups excluding carboxylic acids is 2. The van der Waals surface area contributed by atoms with Crippen LogP contribution in [0.25, 0.3) is 0 Å². The molecule has 0 heterocycles. The lowest BCUT2D eigenvalue weighted by atomic mass is 10.0. The molecule has 0 saturated carbocycles. The molecule has 0 aliphatic carbocycles. The smallest absolute Gasteiger partial charge is 0.306 e. The first-order valence-electron chi connectivity index (χ1n) is 25.7. The van der Waals surface area contributed by atoms with E-state index in [0.717, 1.165) is 77.0 Å². The highest BCUT2D eigenvalue weighted by Gasteiger charge is 2.23. The molecule has 0 aromatic heterocycles. The average molecular weight is 852 g/mol. The van der Waals surface area contributed by atoms with Gasteiger partial charge in [-0.05, 0) is 70.6 Å². The summed E-state index contributed by atoms with van der Waals surface area (Å²) in [6.07, 6.45) is 61.2. The largest absolute Gasteiger partial charge is 0.461 e. The molecule has 0 aliphatic rings. The number of ether oxygens (including phenoxy) is 1. The van der Waals surface area contributed by atoms with Crippen LogP contribution in [0.2, 0.25) is 0 Å². The van der Waals surface area contributed by atoms with E-state index in [1.165, 1.54) is 116 Å². The lowest BCUT2D eigenvalue weighted by molar-refractivity contribution is -0.150. The van der Waals surface area contributed by atoms with E-state index >= 15 is 0 Å². The van der Waals surface area contributed by atoms with Gasteiger partial charge in [0.05, 0.1) is 25.2 Å². The minimum atomic E-state index is -0.814. The van der Waals surface area contributed by atoms with Crippen LogP contribution in [0.5, 0.6) is 0 Å². The Morgan fingerprint density at radius 2 is 0.918 bits per heavy atom. The number of hydrogen-bond donors (Lipinski definition) is 3. The maximum atomic E-state index is 13.1. The minimum Gasteiger partial charge on any atom is -0.461 e. The minimum absolute atomic E-state index is 0.00710. The third-order valence-electron chi connectivity index (χ3n) is 11.3. The highest BCUT2D eigenvalue weighted by molar-refractivity contribution is 5.77. The number of nitrogens with one attached hydrogen (secondary N) is 1. The Labute approximate surface area is 377 Å². The van der Waals surface area contributed by atoms with Crippen molar-refractivity contribution in [1.82, 2.24) is 5.32 Å². The molecule has 0 saturated heterocycles. The van der Waals surface area contributed by atoms with E-state index < -0.39 is 18.2 Å². The van der Waals surface area contributed by atoms with Gasteiger partial charge in [-0.2, -0.15) is 0 Å². The van der Waals surface area contributed by atoms with Gasteiger partial charge < -0.3 is 20.3 Å². The highest BCUT2D eigenvalue weighted by atomic mass is 16.5. The molecule has 0 bridgehead atoms. The molecule has 3 atom stereocenters. The first kappa shape index (κ1) is 58.3. The molecule has 0 rings (SSSR count). The van der Waals surface area contributed by atoms with Crippen LogP contribution in [0.1, 0.15) is 239 Å². The van der Waals surface area contributed by atoms with E-state index in [2.05, 4.69) is 86.8 Å². The predicted molar refractivity (Wildman–Crippen MR) is 264 cm³/mol. The number of rotatable bonds is 45. The fourth-order valence-electron chi connectivity index (χ4n) is 7.34. The van der Waals surface area contributed by atoms with Crippen LogP contribution in [-0.2, 0) is 14.3 Å². The highest BCUT2D eigenvalue weighted by Crippen LogP contribution is 2.15. The van der Waals surface area contributed by atoms with Crippen molar-refractivity contribution in [2.24, 2.45) is 0 Å². The quantitative estimate of drug-likeness (QED) is 0.0245. The lowest BCUT2D eigenvalue weighted by Crippen LogP contribution is -2.46. The molecule has 0 aromatic rings. The van der Waals surface area contributed by atoms with E-state index in [0.29, 0.717) is 19.3 Å². The molecule has 0 spiro atoms. The van der Waals surface area contributed by atoms with E-state index in [1.54, 1.807) is 0 Å². The fourth-order valence-corrected chi connectivity index (χ4v) is 7.34. The van der Waals surface area contributed by atoms with Crippen molar-refractivity contribution in [2.45, 2.75) is 257 Å². The summed E-state index contributed by atoms with van der Waals surface area (Å²) in [5.41, 5.74) is 0. The average Bonchev–Trinajstić information content (AvgIpc) is 3.25. The Bertz CT molecular complexity index is 1140. The molecule has 6 nitrogen and oxygen atoms in total. The van der Waals surface area contributed by atoms with Gasteiger partial charge in [-0.1, -0.05) is 222 Å². The molecular weight excluding hydrogens is 755 g/mol. The number of carbonyl (C=O) groups is 2. The van der Waals surface area contributed by atoms with Gasteiger partial charge in [0, 0.05) is 12.8 Å². The number of amides is 1. The van der Waals surface area contributed by atoms with E-state index in [4.69, 9.17) is 4.74 Å². The molecule has 3 N–H and O–H groups in total. The molecule has 0 aliphatic heterocycles. The van der Waals surface area contributed by atoms with Gasteiger partial charge in [0.1, 0.15) is 6.10 Å². The SMILES string of the molecule is CCCCC/C=C\C/C=C\C/C=C\C/C=C\CC(CC(=O)NC(CO)C(O)CCCCCCCCCCC)OC(=O)CCCCCCC/C=C/C=C/CCCCCCCCC. The number of allylic oxidation sites excluding steroid dienone is 11. The number of esters is 1. The van der Waals surface area contributed by atoms with Crippen molar-refractivity contribution in [2.75, 3.05) is 6.61 Å². The molecule has 0 aromatic carbocycles. The standard InChI is InChI=1S/C55H97NO5/c1-4-7-10-13-16-19-21-23-25-26-27-29-31-33-36-39-42-45-48-55(60)61-51(46-43-40-37-35-32-30-28-24-22-20-17-14-11-8-5-2)49-54(59)56-52(50-57)53(58)47-44-41-38-34-18-15-12-9-6-3/h17,20,24-29,32,35,40,43,51-53,57-58H,4-16,18-19,21-23,30-31,33-34,36-39,41-42,44-50H2,1-3H3,(H,56,59)/b20-17-,26-25+,28-24-,29-27+,35-32-,43-40-. The number of unbranched alkanes of at least 4 members (excludes halogenated alkanes) is 23. The van der Waals surface area contributed by atoms with Crippen LogP contribution in [-0.4, -0.2) is 46.9 Å². The van der Waals surface area contributed by atoms with Gasteiger partial charge in [0.25, 0.3) is 0 Å². The second kappa shape index (κ2) is 48.3. The molecule has 0 radical (unpaired) electrons. The zero-order chi connectivity index (χ0) is 44.5. The van der Waals surface area contributed by atoms with E-state index in [-0.39, 0.29) is 24.9 Å². The zero-order valence-electron chi connectivity index (χ0n) is 40.0. The summed E-state index contributed by atoms with van der Waals surface area (Å²) in [5.74, 6) is -0.597. The molecule has 1 amide bonds. The molecule has 6 heteroatoms. The van der Waals surface area contributed by atoms with Crippen molar-refractivity contribution < 1.29 is 24.5 Å². The predicted octanol–water partition coefficient (Wildman–Crippen LogP) is 15.4. The summed E-state index contributed by atoms with van der Waals surface area (Å²) in [6, 6.07) is -0.735. The number of aliphatic hydroxyl groups excluding tert-OH is 2. The van der Waals surface area contributed by atoms with E-state index in [1.807, 2.05) is 12.2 Å². The maximum absolute atomic E-state index is 13.1. The van der Waals surface area contributed by atoms with Gasteiger partial charge in [-0.3, -0.25) is 9.59 Å².